The fraction of sp³-hybridized carbons (Fsp3) is 0.231. The van der Waals surface area contributed by atoms with Crippen molar-refractivity contribution >= 4 is 28.6 Å². The van der Waals surface area contributed by atoms with Gasteiger partial charge in [-0.3, -0.25) is 0 Å². The van der Waals surface area contributed by atoms with E-state index in [-0.39, 0.29) is 6.04 Å². The van der Waals surface area contributed by atoms with E-state index in [1.54, 1.807) is 11.3 Å². The number of halogens is 1. The van der Waals surface area contributed by atoms with Crippen molar-refractivity contribution in [2.75, 3.05) is 5.32 Å². The zero-order valence-electron chi connectivity index (χ0n) is 9.33. The fourth-order valence-corrected chi connectivity index (χ4v) is 2.62. The van der Waals surface area contributed by atoms with Crippen molar-refractivity contribution in [1.82, 2.24) is 0 Å². The van der Waals surface area contributed by atoms with Gasteiger partial charge in [0, 0.05) is 6.04 Å². The quantitative estimate of drug-likeness (QED) is 0.820. The van der Waals surface area contributed by atoms with Crippen LogP contribution in [-0.4, -0.2) is 0 Å². The van der Waals surface area contributed by atoms with Gasteiger partial charge < -0.3 is 5.32 Å². The number of hydrogen-bond acceptors (Lipinski definition) is 2. The maximum atomic E-state index is 6.18. The summed E-state index contributed by atoms with van der Waals surface area (Å²) in [4.78, 5) is 0. The van der Waals surface area contributed by atoms with Gasteiger partial charge in [-0.05, 0) is 53.9 Å². The van der Waals surface area contributed by atoms with Crippen LogP contribution in [0.3, 0.4) is 0 Å². The Labute approximate surface area is 105 Å². The van der Waals surface area contributed by atoms with Crippen LogP contribution in [0, 0.1) is 6.92 Å². The largest absolute Gasteiger partial charge is 0.377 e. The molecule has 1 aromatic carbocycles. The predicted octanol–water partition coefficient (Wildman–Crippen LogP) is 4.88. The van der Waals surface area contributed by atoms with Crippen molar-refractivity contribution in [3.63, 3.8) is 0 Å². The molecule has 0 spiro atoms. The molecule has 1 unspecified atom stereocenters. The first-order valence-corrected chi connectivity index (χ1v) is 6.53. The van der Waals surface area contributed by atoms with Crippen LogP contribution in [0.1, 0.15) is 24.1 Å². The van der Waals surface area contributed by atoms with Gasteiger partial charge in [0.2, 0.25) is 0 Å². The molecule has 2 rings (SSSR count). The zero-order chi connectivity index (χ0) is 11.5. The highest BCUT2D eigenvalue weighted by molar-refractivity contribution is 7.07. The van der Waals surface area contributed by atoms with Gasteiger partial charge in [-0.15, -0.1) is 0 Å². The monoisotopic (exact) mass is 251 g/mol. The van der Waals surface area contributed by atoms with Crippen molar-refractivity contribution in [3.05, 3.63) is 51.2 Å². The fourth-order valence-electron chi connectivity index (χ4n) is 1.58. The third-order valence-corrected chi connectivity index (χ3v) is 3.55. The van der Waals surface area contributed by atoms with Crippen LogP contribution in [-0.2, 0) is 0 Å². The summed E-state index contributed by atoms with van der Waals surface area (Å²) in [5, 5.41) is 8.43. The van der Waals surface area contributed by atoms with E-state index in [1.807, 2.05) is 19.1 Å². The van der Waals surface area contributed by atoms with Gasteiger partial charge in [0.05, 0.1) is 10.7 Å². The van der Waals surface area contributed by atoms with Gasteiger partial charge >= 0.3 is 0 Å². The summed E-state index contributed by atoms with van der Waals surface area (Å²) in [6, 6.07) is 8.48. The summed E-state index contributed by atoms with van der Waals surface area (Å²) < 4.78 is 0. The maximum Gasteiger partial charge on any atom is 0.0640 e. The molecule has 0 fully saturated rings. The Bertz CT molecular complexity index is 465. The van der Waals surface area contributed by atoms with E-state index in [4.69, 9.17) is 11.6 Å². The average Bonchev–Trinajstić information content (AvgIpc) is 2.75. The first-order valence-electron chi connectivity index (χ1n) is 5.21. The molecule has 0 amide bonds. The Morgan fingerprint density at radius 2 is 2.12 bits per heavy atom. The third kappa shape index (κ3) is 2.57. The van der Waals surface area contributed by atoms with Crippen molar-refractivity contribution in [2.45, 2.75) is 19.9 Å². The van der Waals surface area contributed by atoms with Gasteiger partial charge in [-0.25, -0.2) is 0 Å². The normalized spacial score (nSPS) is 12.4. The molecule has 1 atom stereocenters. The Morgan fingerprint density at radius 1 is 1.31 bits per heavy atom. The third-order valence-electron chi connectivity index (χ3n) is 2.54. The van der Waals surface area contributed by atoms with E-state index in [0.717, 1.165) is 10.7 Å². The van der Waals surface area contributed by atoms with Gasteiger partial charge in [-0.1, -0.05) is 17.7 Å². The van der Waals surface area contributed by atoms with Gasteiger partial charge in [0.1, 0.15) is 0 Å². The molecule has 0 saturated heterocycles. The van der Waals surface area contributed by atoms with Crippen molar-refractivity contribution < 1.29 is 0 Å². The Balaban J connectivity index is 2.15. The molecule has 0 aliphatic heterocycles. The molecule has 0 aliphatic rings. The number of anilines is 1. The lowest BCUT2D eigenvalue weighted by Gasteiger charge is -2.15. The standard InChI is InChI=1S/C13H14ClNS/c1-9-3-4-13(12(14)7-9)15-10(2)11-5-6-16-8-11/h3-8,10,15H,1-2H3. The van der Waals surface area contributed by atoms with Crippen LogP contribution in [0.4, 0.5) is 5.69 Å². The summed E-state index contributed by atoms with van der Waals surface area (Å²) in [5.74, 6) is 0. The molecule has 1 N–H and O–H groups in total. The van der Waals surface area contributed by atoms with Gasteiger partial charge in [0.25, 0.3) is 0 Å². The first kappa shape index (κ1) is 11.5. The summed E-state index contributed by atoms with van der Waals surface area (Å²) in [7, 11) is 0. The SMILES string of the molecule is Cc1ccc(NC(C)c2ccsc2)c(Cl)c1. The van der Waals surface area contributed by atoms with Crippen LogP contribution in [0.5, 0.6) is 0 Å². The lowest BCUT2D eigenvalue weighted by atomic mass is 10.1. The van der Waals surface area contributed by atoms with E-state index in [1.165, 1.54) is 11.1 Å². The predicted molar refractivity (Wildman–Crippen MR) is 72.5 cm³/mol. The second-order valence-electron chi connectivity index (χ2n) is 3.91. The molecule has 84 valence electrons. The molecule has 0 bridgehead atoms. The molecule has 0 radical (unpaired) electrons. The van der Waals surface area contributed by atoms with E-state index in [0.29, 0.717) is 0 Å². The van der Waals surface area contributed by atoms with Crippen molar-refractivity contribution in [3.8, 4) is 0 Å². The second-order valence-corrected chi connectivity index (χ2v) is 5.09. The minimum absolute atomic E-state index is 0.284. The van der Waals surface area contributed by atoms with Crippen LogP contribution in [0.25, 0.3) is 0 Å². The number of hydrogen-bond donors (Lipinski definition) is 1. The molecule has 1 nitrogen and oxygen atoms in total. The summed E-state index contributed by atoms with van der Waals surface area (Å²) in [5.41, 5.74) is 3.46. The second kappa shape index (κ2) is 4.89. The number of rotatable bonds is 3. The van der Waals surface area contributed by atoms with E-state index in [9.17, 15) is 0 Å². The van der Waals surface area contributed by atoms with E-state index >= 15 is 0 Å². The highest BCUT2D eigenvalue weighted by Gasteiger charge is 2.07. The van der Waals surface area contributed by atoms with E-state index in [2.05, 4.69) is 35.1 Å². The molecule has 1 heterocycles. The number of thiophene rings is 1. The maximum absolute atomic E-state index is 6.18. The highest BCUT2D eigenvalue weighted by atomic mass is 35.5. The van der Waals surface area contributed by atoms with Crippen LogP contribution < -0.4 is 5.32 Å². The molecule has 2 aromatic rings. The molecular weight excluding hydrogens is 238 g/mol. The van der Waals surface area contributed by atoms with Gasteiger partial charge in [-0.2, -0.15) is 11.3 Å². The molecular formula is C13H14ClNS. The molecule has 0 aliphatic carbocycles. The van der Waals surface area contributed by atoms with Crippen molar-refractivity contribution in [2.24, 2.45) is 0 Å². The number of benzene rings is 1. The number of aryl methyl sites for hydroxylation is 1. The molecule has 16 heavy (non-hydrogen) atoms. The smallest absolute Gasteiger partial charge is 0.0640 e. The summed E-state index contributed by atoms with van der Waals surface area (Å²) in [6.07, 6.45) is 0. The lowest BCUT2D eigenvalue weighted by Crippen LogP contribution is -2.05. The lowest BCUT2D eigenvalue weighted by molar-refractivity contribution is 0.890. The van der Waals surface area contributed by atoms with Crippen LogP contribution in [0.15, 0.2) is 35.0 Å². The van der Waals surface area contributed by atoms with Crippen molar-refractivity contribution in [1.29, 1.82) is 0 Å². The molecule has 1 aromatic heterocycles. The minimum Gasteiger partial charge on any atom is -0.377 e. The average molecular weight is 252 g/mol. The zero-order valence-corrected chi connectivity index (χ0v) is 10.9. The summed E-state index contributed by atoms with van der Waals surface area (Å²) >= 11 is 7.89. The Morgan fingerprint density at radius 3 is 2.75 bits per heavy atom. The topological polar surface area (TPSA) is 12.0 Å². The summed E-state index contributed by atoms with van der Waals surface area (Å²) in [6.45, 7) is 4.18. The highest BCUT2D eigenvalue weighted by Crippen LogP contribution is 2.27. The van der Waals surface area contributed by atoms with Crippen LogP contribution >= 0.6 is 22.9 Å². The Hall–Kier alpha value is -0.990. The van der Waals surface area contributed by atoms with Crippen LogP contribution in [0.2, 0.25) is 5.02 Å². The molecule has 0 saturated carbocycles. The number of nitrogens with one attached hydrogen (secondary N) is 1. The van der Waals surface area contributed by atoms with E-state index < -0.39 is 0 Å². The first-order chi connectivity index (χ1) is 7.66. The minimum atomic E-state index is 0.284. The van der Waals surface area contributed by atoms with Gasteiger partial charge in [0.15, 0.2) is 0 Å². The molecule has 3 heteroatoms. The Kier molecular flexibility index (Phi) is 3.52.